The molecule has 126 valence electrons. The molecule has 1 aromatic rings. The summed E-state index contributed by atoms with van der Waals surface area (Å²) < 4.78 is 5.37. The Morgan fingerprint density at radius 3 is 2.30 bits per heavy atom. The van der Waals surface area contributed by atoms with Crippen molar-refractivity contribution < 1.29 is 14.3 Å². The van der Waals surface area contributed by atoms with E-state index in [-0.39, 0.29) is 17.9 Å². The molecular formula is C18H26N2O3. The number of hydrogen-bond donors (Lipinski definition) is 2. The van der Waals surface area contributed by atoms with Crippen LogP contribution in [0.15, 0.2) is 24.3 Å². The highest BCUT2D eigenvalue weighted by Gasteiger charge is 2.37. The average Bonchev–Trinajstić information content (AvgIpc) is 3.02. The Bertz CT molecular complexity index is 546. The molecule has 0 spiro atoms. The largest absolute Gasteiger partial charge is 0.494 e. The maximum Gasteiger partial charge on any atom is 0.239 e. The molecule has 0 unspecified atom stereocenters. The van der Waals surface area contributed by atoms with Crippen LogP contribution in [0.5, 0.6) is 5.75 Å². The summed E-state index contributed by atoms with van der Waals surface area (Å²) in [5.41, 5.74) is -0.457. The van der Waals surface area contributed by atoms with E-state index in [0.717, 1.165) is 31.4 Å². The fourth-order valence-corrected chi connectivity index (χ4v) is 2.63. The summed E-state index contributed by atoms with van der Waals surface area (Å²) in [4.78, 5) is 24.9. The van der Waals surface area contributed by atoms with Gasteiger partial charge < -0.3 is 15.4 Å². The molecule has 0 bridgehead atoms. The minimum Gasteiger partial charge on any atom is -0.494 e. The van der Waals surface area contributed by atoms with Gasteiger partial charge in [-0.3, -0.25) is 9.59 Å². The lowest BCUT2D eigenvalue weighted by atomic mass is 9.90. The molecule has 5 nitrogen and oxygen atoms in total. The van der Waals surface area contributed by atoms with Crippen molar-refractivity contribution in [3.05, 3.63) is 24.3 Å². The Hall–Kier alpha value is -2.04. The van der Waals surface area contributed by atoms with E-state index in [2.05, 4.69) is 10.6 Å². The van der Waals surface area contributed by atoms with Crippen LogP contribution in [0, 0.1) is 5.41 Å². The number of benzene rings is 1. The minimum absolute atomic E-state index is 0.208. The van der Waals surface area contributed by atoms with E-state index in [9.17, 15) is 9.59 Å². The van der Waals surface area contributed by atoms with Crippen molar-refractivity contribution in [2.75, 3.05) is 11.9 Å². The number of carbonyl (C=O) groups excluding carboxylic acids is 2. The lowest BCUT2D eigenvalue weighted by Gasteiger charge is -2.25. The maximum absolute atomic E-state index is 12.5. The van der Waals surface area contributed by atoms with Gasteiger partial charge in [0.2, 0.25) is 11.8 Å². The molecule has 1 aliphatic carbocycles. The van der Waals surface area contributed by atoms with Crippen molar-refractivity contribution in [1.29, 1.82) is 0 Å². The van der Waals surface area contributed by atoms with Crippen LogP contribution in [0.3, 0.4) is 0 Å². The minimum atomic E-state index is -1.11. The molecule has 0 aromatic heterocycles. The van der Waals surface area contributed by atoms with Crippen LogP contribution in [-0.4, -0.2) is 24.5 Å². The fraction of sp³-hybridized carbons (Fsp3) is 0.556. The SMILES string of the molecule is CCOc1ccc(NC(=O)C(C)(C)C(=O)NC2CCCC2)cc1. The summed E-state index contributed by atoms with van der Waals surface area (Å²) >= 11 is 0. The first-order valence-electron chi connectivity index (χ1n) is 8.28. The highest BCUT2D eigenvalue weighted by Crippen LogP contribution is 2.23. The first kappa shape index (κ1) is 17.3. The third-order valence-corrected chi connectivity index (χ3v) is 4.25. The predicted octanol–water partition coefficient (Wildman–Crippen LogP) is 3.11. The second-order valence-corrected chi connectivity index (χ2v) is 6.49. The average molecular weight is 318 g/mol. The van der Waals surface area contributed by atoms with Gasteiger partial charge in [0.15, 0.2) is 0 Å². The molecule has 0 saturated heterocycles. The zero-order chi connectivity index (χ0) is 16.9. The van der Waals surface area contributed by atoms with Gasteiger partial charge in [0.25, 0.3) is 0 Å². The summed E-state index contributed by atoms with van der Waals surface area (Å²) in [5.74, 6) is 0.230. The predicted molar refractivity (Wildman–Crippen MR) is 90.4 cm³/mol. The summed E-state index contributed by atoms with van der Waals surface area (Å²) in [6.07, 6.45) is 4.29. The molecule has 1 aliphatic rings. The van der Waals surface area contributed by atoms with Crippen LogP contribution in [0.25, 0.3) is 0 Å². The highest BCUT2D eigenvalue weighted by molar-refractivity contribution is 6.09. The molecule has 23 heavy (non-hydrogen) atoms. The topological polar surface area (TPSA) is 67.4 Å². The van der Waals surface area contributed by atoms with E-state index in [1.54, 1.807) is 38.1 Å². The molecule has 2 amide bonds. The second-order valence-electron chi connectivity index (χ2n) is 6.49. The van der Waals surface area contributed by atoms with Crippen LogP contribution in [0.2, 0.25) is 0 Å². The first-order chi connectivity index (χ1) is 10.9. The summed E-state index contributed by atoms with van der Waals surface area (Å²) in [6, 6.07) is 7.34. The number of nitrogens with one attached hydrogen (secondary N) is 2. The lowest BCUT2D eigenvalue weighted by Crippen LogP contribution is -2.47. The number of ether oxygens (including phenoxy) is 1. The summed E-state index contributed by atoms with van der Waals surface area (Å²) in [7, 11) is 0. The third-order valence-electron chi connectivity index (χ3n) is 4.25. The molecule has 1 aromatic carbocycles. The second kappa shape index (κ2) is 7.49. The Kier molecular flexibility index (Phi) is 5.64. The van der Waals surface area contributed by atoms with Gasteiger partial charge in [-0.1, -0.05) is 12.8 Å². The molecule has 0 heterocycles. The number of rotatable bonds is 6. The number of hydrogen-bond acceptors (Lipinski definition) is 3. The molecule has 1 fully saturated rings. The fourth-order valence-electron chi connectivity index (χ4n) is 2.63. The van der Waals surface area contributed by atoms with Crippen LogP contribution in [-0.2, 0) is 9.59 Å². The summed E-state index contributed by atoms with van der Waals surface area (Å²) in [6.45, 7) is 5.82. The molecule has 0 atom stereocenters. The Morgan fingerprint density at radius 2 is 1.74 bits per heavy atom. The molecule has 0 aliphatic heterocycles. The van der Waals surface area contributed by atoms with Gasteiger partial charge in [0.05, 0.1) is 6.61 Å². The molecule has 2 rings (SSSR count). The van der Waals surface area contributed by atoms with Gasteiger partial charge in [-0.25, -0.2) is 0 Å². The van der Waals surface area contributed by atoms with Crippen molar-refractivity contribution in [3.63, 3.8) is 0 Å². The van der Waals surface area contributed by atoms with Crippen molar-refractivity contribution >= 4 is 17.5 Å². The number of carbonyl (C=O) groups is 2. The normalized spacial score (nSPS) is 15.3. The van der Waals surface area contributed by atoms with E-state index in [1.165, 1.54) is 0 Å². The van der Waals surface area contributed by atoms with Crippen molar-refractivity contribution in [2.24, 2.45) is 5.41 Å². The van der Waals surface area contributed by atoms with Crippen LogP contribution < -0.4 is 15.4 Å². The molecular weight excluding hydrogens is 292 g/mol. The van der Waals surface area contributed by atoms with E-state index >= 15 is 0 Å². The van der Waals surface area contributed by atoms with E-state index in [4.69, 9.17) is 4.74 Å². The van der Waals surface area contributed by atoms with E-state index < -0.39 is 5.41 Å². The Morgan fingerprint density at radius 1 is 1.13 bits per heavy atom. The van der Waals surface area contributed by atoms with Gasteiger partial charge in [0, 0.05) is 11.7 Å². The van der Waals surface area contributed by atoms with Gasteiger partial charge in [-0.2, -0.15) is 0 Å². The van der Waals surface area contributed by atoms with E-state index in [0.29, 0.717) is 12.3 Å². The molecule has 5 heteroatoms. The maximum atomic E-state index is 12.5. The van der Waals surface area contributed by atoms with Gasteiger partial charge in [-0.05, 0) is 57.9 Å². The third kappa shape index (κ3) is 4.47. The zero-order valence-electron chi connectivity index (χ0n) is 14.1. The van der Waals surface area contributed by atoms with Crippen molar-refractivity contribution in [3.8, 4) is 5.75 Å². The molecule has 2 N–H and O–H groups in total. The first-order valence-corrected chi connectivity index (χ1v) is 8.28. The monoisotopic (exact) mass is 318 g/mol. The van der Waals surface area contributed by atoms with Crippen LogP contribution in [0.4, 0.5) is 5.69 Å². The van der Waals surface area contributed by atoms with Gasteiger partial charge in [-0.15, -0.1) is 0 Å². The Labute approximate surface area is 137 Å². The van der Waals surface area contributed by atoms with Gasteiger partial charge in [0.1, 0.15) is 11.2 Å². The van der Waals surface area contributed by atoms with Crippen molar-refractivity contribution in [1.82, 2.24) is 5.32 Å². The van der Waals surface area contributed by atoms with Crippen LogP contribution >= 0.6 is 0 Å². The summed E-state index contributed by atoms with van der Waals surface area (Å²) in [5, 5.41) is 5.79. The van der Waals surface area contributed by atoms with Gasteiger partial charge >= 0.3 is 0 Å². The van der Waals surface area contributed by atoms with E-state index in [1.807, 2.05) is 6.92 Å². The standard InChI is InChI=1S/C18H26N2O3/c1-4-23-15-11-9-14(10-12-15)20-17(22)18(2,3)16(21)19-13-7-5-6-8-13/h9-13H,4-8H2,1-3H3,(H,19,21)(H,20,22). The Balaban J connectivity index is 1.95. The lowest BCUT2D eigenvalue weighted by molar-refractivity contribution is -0.138. The molecule has 0 radical (unpaired) electrons. The van der Waals surface area contributed by atoms with Crippen molar-refractivity contribution in [2.45, 2.75) is 52.5 Å². The highest BCUT2D eigenvalue weighted by atomic mass is 16.5. The number of amides is 2. The van der Waals surface area contributed by atoms with Crippen LogP contribution in [0.1, 0.15) is 46.5 Å². The quantitative estimate of drug-likeness (QED) is 0.792. The molecule has 1 saturated carbocycles. The zero-order valence-corrected chi connectivity index (χ0v) is 14.1. The number of anilines is 1. The smallest absolute Gasteiger partial charge is 0.239 e.